The number of benzene rings is 1. The molecule has 5 nitrogen and oxygen atoms in total. The minimum absolute atomic E-state index is 0.148. The van der Waals surface area contributed by atoms with Crippen LogP contribution < -0.4 is 9.47 Å². The molecule has 1 saturated heterocycles. The maximum Gasteiger partial charge on any atom is 0.243 e. The van der Waals surface area contributed by atoms with Gasteiger partial charge in [0.25, 0.3) is 0 Å². The van der Waals surface area contributed by atoms with E-state index in [2.05, 4.69) is 0 Å². The summed E-state index contributed by atoms with van der Waals surface area (Å²) in [5.41, 5.74) is 0. The van der Waals surface area contributed by atoms with Crippen molar-refractivity contribution >= 4 is 21.6 Å². The van der Waals surface area contributed by atoms with E-state index in [0.717, 1.165) is 6.42 Å². The molecule has 1 aromatic carbocycles. The molecule has 0 aromatic heterocycles. The van der Waals surface area contributed by atoms with E-state index < -0.39 is 10.0 Å². The second kappa shape index (κ2) is 5.66. The van der Waals surface area contributed by atoms with E-state index in [1.165, 1.54) is 10.4 Å². The second-order valence-corrected chi connectivity index (χ2v) is 7.61. The molecule has 0 radical (unpaired) electrons. The summed E-state index contributed by atoms with van der Waals surface area (Å²) < 4.78 is 38.0. The fraction of sp³-hybridized carbons (Fsp3) is 0.571. The Bertz CT molecular complexity index is 634. The third-order valence-electron chi connectivity index (χ3n) is 4.11. The van der Waals surface area contributed by atoms with Gasteiger partial charge in [-0.1, -0.05) is 6.92 Å². The molecule has 2 atom stereocenters. The lowest BCUT2D eigenvalue weighted by molar-refractivity contribution is 0.171. The van der Waals surface area contributed by atoms with Crippen molar-refractivity contribution in [3.8, 4) is 11.5 Å². The number of hydrogen-bond donors (Lipinski definition) is 0. The van der Waals surface area contributed by atoms with Crippen LogP contribution in [0.3, 0.4) is 0 Å². The zero-order valence-electron chi connectivity index (χ0n) is 11.8. The van der Waals surface area contributed by atoms with Crippen LogP contribution >= 0.6 is 11.6 Å². The number of hydrogen-bond acceptors (Lipinski definition) is 4. The Labute approximate surface area is 129 Å². The van der Waals surface area contributed by atoms with Crippen LogP contribution in [0.4, 0.5) is 0 Å². The van der Waals surface area contributed by atoms with Crippen molar-refractivity contribution < 1.29 is 17.9 Å². The van der Waals surface area contributed by atoms with Crippen molar-refractivity contribution in [3.63, 3.8) is 0 Å². The Morgan fingerprint density at radius 3 is 2.71 bits per heavy atom. The first-order valence-corrected chi connectivity index (χ1v) is 8.99. The molecule has 7 heteroatoms. The SMILES string of the molecule is CC1CCN(S(=O)(=O)c2ccc3c(c2)OCCO3)C1CCl. The van der Waals surface area contributed by atoms with Crippen LogP contribution in [0, 0.1) is 5.92 Å². The van der Waals surface area contributed by atoms with Crippen LogP contribution in [-0.2, 0) is 10.0 Å². The molecule has 0 N–H and O–H groups in total. The van der Waals surface area contributed by atoms with Gasteiger partial charge in [-0.3, -0.25) is 0 Å². The maximum absolute atomic E-state index is 12.8. The number of sulfonamides is 1. The average Bonchev–Trinajstić information content (AvgIpc) is 2.88. The van der Waals surface area contributed by atoms with E-state index in [-0.39, 0.29) is 16.9 Å². The predicted molar refractivity (Wildman–Crippen MR) is 79.6 cm³/mol. The molecule has 2 aliphatic heterocycles. The topological polar surface area (TPSA) is 55.8 Å². The highest BCUT2D eigenvalue weighted by Gasteiger charge is 2.39. The minimum Gasteiger partial charge on any atom is -0.486 e. The predicted octanol–water partition coefficient (Wildman–Crippen LogP) is 2.10. The van der Waals surface area contributed by atoms with Gasteiger partial charge in [0.1, 0.15) is 13.2 Å². The number of halogens is 1. The summed E-state index contributed by atoms with van der Waals surface area (Å²) in [5.74, 6) is 1.65. The highest BCUT2D eigenvalue weighted by Crippen LogP contribution is 2.36. The second-order valence-electron chi connectivity index (χ2n) is 5.41. The standard InChI is InChI=1S/C14H18ClNO4S/c1-10-4-5-16(12(10)9-15)21(17,18)11-2-3-13-14(8-11)20-7-6-19-13/h2-3,8,10,12H,4-7,9H2,1H3. The van der Waals surface area contributed by atoms with Gasteiger partial charge in [-0.15, -0.1) is 11.6 Å². The van der Waals surface area contributed by atoms with E-state index in [0.29, 0.717) is 37.1 Å². The van der Waals surface area contributed by atoms with Gasteiger partial charge in [0.05, 0.1) is 4.90 Å². The molecule has 0 amide bonds. The molecule has 2 aliphatic rings. The first-order valence-electron chi connectivity index (χ1n) is 7.01. The third-order valence-corrected chi connectivity index (χ3v) is 6.35. The molecule has 21 heavy (non-hydrogen) atoms. The van der Waals surface area contributed by atoms with Crippen molar-refractivity contribution in [1.29, 1.82) is 0 Å². The van der Waals surface area contributed by atoms with Gasteiger partial charge < -0.3 is 9.47 Å². The molecule has 3 rings (SSSR count). The minimum atomic E-state index is -3.55. The highest BCUT2D eigenvalue weighted by molar-refractivity contribution is 7.89. The third kappa shape index (κ3) is 2.60. The van der Waals surface area contributed by atoms with Crippen LogP contribution in [0.2, 0.25) is 0 Å². The largest absolute Gasteiger partial charge is 0.486 e. The van der Waals surface area contributed by atoms with Crippen LogP contribution in [-0.4, -0.2) is 44.4 Å². The van der Waals surface area contributed by atoms with Gasteiger partial charge >= 0.3 is 0 Å². The summed E-state index contributed by atoms with van der Waals surface area (Å²) in [7, 11) is -3.55. The van der Waals surface area contributed by atoms with E-state index in [1.807, 2.05) is 6.92 Å². The number of ether oxygens (including phenoxy) is 2. The van der Waals surface area contributed by atoms with Crippen molar-refractivity contribution in [2.24, 2.45) is 5.92 Å². The lowest BCUT2D eigenvalue weighted by Gasteiger charge is -2.25. The lowest BCUT2D eigenvalue weighted by atomic mass is 10.1. The van der Waals surface area contributed by atoms with Crippen LogP contribution in [0.1, 0.15) is 13.3 Å². The van der Waals surface area contributed by atoms with E-state index in [4.69, 9.17) is 21.1 Å². The van der Waals surface area contributed by atoms with Crippen LogP contribution in [0.25, 0.3) is 0 Å². The number of fused-ring (bicyclic) bond motifs is 1. The molecule has 0 spiro atoms. The summed E-state index contributed by atoms with van der Waals surface area (Å²) in [4.78, 5) is 0.232. The van der Waals surface area contributed by atoms with Gasteiger partial charge in [0.2, 0.25) is 10.0 Å². The smallest absolute Gasteiger partial charge is 0.243 e. The lowest BCUT2D eigenvalue weighted by Crippen LogP contribution is -2.38. The molecule has 1 aromatic rings. The Morgan fingerprint density at radius 1 is 1.29 bits per heavy atom. The van der Waals surface area contributed by atoms with Gasteiger partial charge in [-0.05, 0) is 24.5 Å². The Morgan fingerprint density at radius 2 is 2.00 bits per heavy atom. The quantitative estimate of drug-likeness (QED) is 0.796. The molecule has 0 aliphatic carbocycles. The Kier molecular flexibility index (Phi) is 4.03. The van der Waals surface area contributed by atoms with E-state index >= 15 is 0 Å². The molecule has 0 saturated carbocycles. The summed E-state index contributed by atoms with van der Waals surface area (Å²) in [6.07, 6.45) is 0.834. The number of rotatable bonds is 3. The fourth-order valence-corrected chi connectivity index (χ4v) is 5.12. The first-order chi connectivity index (χ1) is 10.0. The molecular formula is C14H18ClNO4S. The molecule has 2 unspecified atom stereocenters. The molecule has 2 heterocycles. The first kappa shape index (κ1) is 14.9. The monoisotopic (exact) mass is 331 g/mol. The van der Waals surface area contributed by atoms with Gasteiger partial charge in [0.15, 0.2) is 11.5 Å². The number of alkyl halides is 1. The molecule has 116 valence electrons. The molecular weight excluding hydrogens is 314 g/mol. The van der Waals surface area contributed by atoms with Crippen LogP contribution in [0.5, 0.6) is 11.5 Å². The van der Waals surface area contributed by atoms with Crippen molar-refractivity contribution in [3.05, 3.63) is 18.2 Å². The summed E-state index contributed by atoms with van der Waals surface area (Å²) in [6.45, 7) is 3.46. The Hall–Kier alpha value is -0.980. The number of nitrogens with zero attached hydrogens (tertiary/aromatic N) is 1. The molecule has 0 bridgehead atoms. The van der Waals surface area contributed by atoms with Crippen molar-refractivity contribution in [2.45, 2.75) is 24.3 Å². The maximum atomic E-state index is 12.8. The zero-order valence-corrected chi connectivity index (χ0v) is 13.4. The van der Waals surface area contributed by atoms with E-state index in [9.17, 15) is 8.42 Å². The van der Waals surface area contributed by atoms with Gasteiger partial charge in [0, 0.05) is 24.5 Å². The van der Waals surface area contributed by atoms with Crippen molar-refractivity contribution in [1.82, 2.24) is 4.31 Å². The van der Waals surface area contributed by atoms with Gasteiger partial charge in [-0.25, -0.2) is 8.42 Å². The average molecular weight is 332 g/mol. The fourth-order valence-electron chi connectivity index (χ4n) is 2.82. The van der Waals surface area contributed by atoms with Crippen molar-refractivity contribution in [2.75, 3.05) is 25.6 Å². The summed E-state index contributed by atoms with van der Waals surface area (Å²) in [5, 5.41) is 0. The normalized spacial score (nSPS) is 26.0. The summed E-state index contributed by atoms with van der Waals surface area (Å²) in [6, 6.07) is 4.61. The van der Waals surface area contributed by atoms with Crippen LogP contribution in [0.15, 0.2) is 23.1 Å². The molecule has 1 fully saturated rings. The van der Waals surface area contributed by atoms with E-state index in [1.54, 1.807) is 12.1 Å². The Balaban J connectivity index is 1.95. The highest BCUT2D eigenvalue weighted by atomic mass is 35.5. The van der Waals surface area contributed by atoms with Gasteiger partial charge in [-0.2, -0.15) is 4.31 Å². The zero-order chi connectivity index (χ0) is 15.0. The summed E-state index contributed by atoms with van der Waals surface area (Å²) >= 11 is 5.96.